The lowest BCUT2D eigenvalue weighted by Crippen LogP contribution is -2.02. The van der Waals surface area contributed by atoms with Crippen molar-refractivity contribution in [2.45, 2.75) is 24.0 Å². The molecule has 1 aromatic carbocycles. The highest BCUT2D eigenvalue weighted by molar-refractivity contribution is 9.10. The summed E-state index contributed by atoms with van der Waals surface area (Å²) in [5.74, 6) is 0.700. The molecule has 2 aromatic rings. The van der Waals surface area contributed by atoms with Crippen LogP contribution < -0.4 is 5.73 Å². The molecule has 2 N–H and O–H groups in total. The lowest BCUT2D eigenvalue weighted by molar-refractivity contribution is 0.890. The van der Waals surface area contributed by atoms with Crippen molar-refractivity contribution in [3.8, 4) is 5.69 Å². The van der Waals surface area contributed by atoms with E-state index in [9.17, 15) is 0 Å². The van der Waals surface area contributed by atoms with E-state index in [4.69, 9.17) is 5.73 Å². The van der Waals surface area contributed by atoms with E-state index in [2.05, 4.69) is 34.9 Å². The van der Waals surface area contributed by atoms with Gasteiger partial charge in [0.1, 0.15) is 5.82 Å². The largest absolute Gasteiger partial charge is 0.383 e. The first-order chi connectivity index (χ1) is 8.08. The second kappa shape index (κ2) is 5.14. The molecule has 17 heavy (non-hydrogen) atoms. The summed E-state index contributed by atoms with van der Waals surface area (Å²) < 4.78 is 2.81. The van der Waals surface area contributed by atoms with E-state index in [1.807, 2.05) is 30.5 Å². The number of benzene rings is 1. The minimum atomic E-state index is 0.500. The molecule has 5 heteroatoms. The molecule has 0 bridgehead atoms. The second-order valence-electron chi connectivity index (χ2n) is 3.95. The van der Waals surface area contributed by atoms with Crippen molar-refractivity contribution in [1.82, 2.24) is 9.78 Å². The van der Waals surface area contributed by atoms with E-state index in [0.717, 1.165) is 15.1 Å². The van der Waals surface area contributed by atoms with Gasteiger partial charge in [0.25, 0.3) is 0 Å². The third kappa shape index (κ3) is 2.84. The molecule has 0 amide bonds. The number of rotatable bonds is 3. The number of hydrogen-bond donors (Lipinski definition) is 1. The van der Waals surface area contributed by atoms with E-state index in [0.29, 0.717) is 11.1 Å². The summed E-state index contributed by atoms with van der Waals surface area (Å²) in [6.45, 7) is 4.28. The van der Waals surface area contributed by atoms with Crippen LogP contribution in [-0.2, 0) is 0 Å². The molecule has 2 rings (SSSR count). The van der Waals surface area contributed by atoms with Crippen molar-refractivity contribution in [3.05, 3.63) is 34.9 Å². The van der Waals surface area contributed by atoms with Crippen LogP contribution in [0.15, 0.2) is 39.8 Å². The Bertz CT molecular complexity index is 505. The first-order valence-electron chi connectivity index (χ1n) is 5.34. The maximum Gasteiger partial charge on any atom is 0.140 e. The van der Waals surface area contributed by atoms with Crippen LogP contribution in [0.1, 0.15) is 13.8 Å². The molecule has 90 valence electrons. The van der Waals surface area contributed by atoms with Gasteiger partial charge in [-0.2, -0.15) is 5.10 Å². The molecule has 0 fully saturated rings. The number of halogens is 1. The van der Waals surface area contributed by atoms with Gasteiger partial charge in [0.2, 0.25) is 0 Å². The zero-order chi connectivity index (χ0) is 12.4. The number of aromatic nitrogens is 2. The second-order valence-corrected chi connectivity index (χ2v) is 6.48. The van der Waals surface area contributed by atoms with Crippen molar-refractivity contribution in [2.24, 2.45) is 0 Å². The number of nitrogens with zero attached hydrogens (tertiary/aromatic N) is 2. The smallest absolute Gasteiger partial charge is 0.140 e. The maximum atomic E-state index is 6.09. The Morgan fingerprint density at radius 3 is 2.53 bits per heavy atom. The van der Waals surface area contributed by atoms with Crippen LogP contribution in [-0.4, -0.2) is 15.0 Å². The van der Waals surface area contributed by atoms with Crippen LogP contribution in [0.4, 0.5) is 5.82 Å². The zero-order valence-corrected chi connectivity index (χ0v) is 12.1. The van der Waals surface area contributed by atoms with Crippen LogP contribution in [0.25, 0.3) is 5.69 Å². The number of nitrogens with two attached hydrogens (primary N) is 1. The summed E-state index contributed by atoms with van der Waals surface area (Å²) in [5, 5.41) is 4.82. The Kier molecular flexibility index (Phi) is 3.79. The molecule has 0 unspecified atom stereocenters. The predicted molar refractivity (Wildman–Crippen MR) is 76.7 cm³/mol. The highest BCUT2D eigenvalue weighted by atomic mass is 79.9. The van der Waals surface area contributed by atoms with Gasteiger partial charge in [0.15, 0.2) is 0 Å². The van der Waals surface area contributed by atoms with E-state index in [-0.39, 0.29) is 0 Å². The summed E-state index contributed by atoms with van der Waals surface area (Å²) in [7, 11) is 0. The topological polar surface area (TPSA) is 43.8 Å². The van der Waals surface area contributed by atoms with Crippen LogP contribution in [0.5, 0.6) is 0 Å². The van der Waals surface area contributed by atoms with Gasteiger partial charge in [-0.25, -0.2) is 4.68 Å². The lowest BCUT2D eigenvalue weighted by atomic mass is 10.3. The molecule has 0 aliphatic carbocycles. The van der Waals surface area contributed by atoms with Crippen LogP contribution in [0.2, 0.25) is 0 Å². The molecule has 0 atom stereocenters. The number of hydrogen-bond acceptors (Lipinski definition) is 3. The summed E-state index contributed by atoms with van der Waals surface area (Å²) in [6, 6.07) is 7.92. The number of nitrogen functional groups attached to an aromatic ring is 1. The molecule has 1 aromatic heterocycles. The summed E-state index contributed by atoms with van der Waals surface area (Å²) >= 11 is 5.14. The van der Waals surface area contributed by atoms with Crippen LogP contribution in [0, 0.1) is 0 Å². The SMILES string of the molecule is CC(C)Sc1cnn(-c2ccc(Br)cc2)c1N. The van der Waals surface area contributed by atoms with Crippen molar-refractivity contribution < 1.29 is 0 Å². The highest BCUT2D eigenvalue weighted by Gasteiger charge is 2.10. The third-order valence-electron chi connectivity index (χ3n) is 2.20. The van der Waals surface area contributed by atoms with Crippen molar-refractivity contribution in [1.29, 1.82) is 0 Å². The first kappa shape index (κ1) is 12.5. The summed E-state index contributed by atoms with van der Waals surface area (Å²) in [6.07, 6.45) is 1.82. The normalized spacial score (nSPS) is 11.1. The fourth-order valence-electron chi connectivity index (χ4n) is 1.48. The molecule has 0 aliphatic heterocycles. The zero-order valence-electron chi connectivity index (χ0n) is 9.72. The Hall–Kier alpha value is -0.940. The van der Waals surface area contributed by atoms with E-state index < -0.39 is 0 Å². The lowest BCUT2D eigenvalue weighted by Gasteiger charge is -2.06. The van der Waals surface area contributed by atoms with E-state index in [1.165, 1.54) is 0 Å². The minimum Gasteiger partial charge on any atom is -0.383 e. The molecule has 0 saturated carbocycles. The molecular formula is C12H14BrN3S. The van der Waals surface area contributed by atoms with Crippen molar-refractivity contribution in [3.63, 3.8) is 0 Å². The molecule has 0 aliphatic rings. The molecule has 0 saturated heterocycles. The van der Waals surface area contributed by atoms with Crippen LogP contribution in [0.3, 0.4) is 0 Å². The molecular weight excluding hydrogens is 298 g/mol. The van der Waals surface area contributed by atoms with E-state index >= 15 is 0 Å². The number of anilines is 1. The molecule has 3 nitrogen and oxygen atoms in total. The summed E-state index contributed by atoms with van der Waals surface area (Å²) in [4.78, 5) is 1.03. The molecule has 1 heterocycles. The molecule has 0 radical (unpaired) electrons. The van der Waals surface area contributed by atoms with Crippen molar-refractivity contribution in [2.75, 3.05) is 5.73 Å². The maximum absolute atomic E-state index is 6.09. The van der Waals surface area contributed by atoms with Gasteiger partial charge in [-0.3, -0.25) is 0 Å². The predicted octanol–water partition coefficient (Wildman–Crippen LogP) is 3.72. The molecule has 0 spiro atoms. The summed E-state index contributed by atoms with van der Waals surface area (Å²) in [5.41, 5.74) is 7.06. The number of thioether (sulfide) groups is 1. The quantitative estimate of drug-likeness (QED) is 0.879. The monoisotopic (exact) mass is 311 g/mol. The van der Waals surface area contributed by atoms with Gasteiger partial charge in [-0.05, 0) is 24.3 Å². The standard InChI is InChI=1S/C12H14BrN3S/c1-8(2)17-11-7-15-16(12(11)14)10-5-3-9(13)4-6-10/h3-8H,14H2,1-2H3. The van der Waals surface area contributed by atoms with Crippen molar-refractivity contribution >= 4 is 33.5 Å². The van der Waals surface area contributed by atoms with Gasteiger partial charge in [0.05, 0.1) is 16.8 Å². The average Bonchev–Trinajstić information content (AvgIpc) is 2.61. The van der Waals surface area contributed by atoms with Crippen LogP contribution >= 0.6 is 27.7 Å². The Labute approximate surface area is 114 Å². The van der Waals surface area contributed by atoms with Gasteiger partial charge in [-0.1, -0.05) is 29.8 Å². The average molecular weight is 312 g/mol. The van der Waals surface area contributed by atoms with Gasteiger partial charge in [-0.15, -0.1) is 11.8 Å². The van der Waals surface area contributed by atoms with Gasteiger partial charge in [0, 0.05) is 9.72 Å². The van der Waals surface area contributed by atoms with E-state index in [1.54, 1.807) is 16.4 Å². The highest BCUT2D eigenvalue weighted by Crippen LogP contribution is 2.29. The Morgan fingerprint density at radius 1 is 1.29 bits per heavy atom. The first-order valence-corrected chi connectivity index (χ1v) is 7.01. The third-order valence-corrected chi connectivity index (χ3v) is 3.77. The Balaban J connectivity index is 2.33. The fraction of sp³-hybridized carbons (Fsp3) is 0.250. The fourth-order valence-corrected chi connectivity index (χ4v) is 2.56. The minimum absolute atomic E-state index is 0.500. The van der Waals surface area contributed by atoms with Gasteiger partial charge >= 0.3 is 0 Å². The van der Waals surface area contributed by atoms with Gasteiger partial charge < -0.3 is 5.73 Å². The Morgan fingerprint density at radius 2 is 1.94 bits per heavy atom.